The molecule has 1 amide bonds. The highest BCUT2D eigenvalue weighted by atomic mass is 16.5. The maximum absolute atomic E-state index is 12.3. The third-order valence-electron chi connectivity index (χ3n) is 7.01. The Morgan fingerprint density at radius 3 is 2.86 bits per heavy atom. The van der Waals surface area contributed by atoms with Crippen molar-refractivity contribution in [1.82, 2.24) is 15.0 Å². The van der Waals surface area contributed by atoms with Crippen molar-refractivity contribution in [3.05, 3.63) is 53.1 Å². The van der Waals surface area contributed by atoms with Crippen molar-refractivity contribution >= 4 is 5.91 Å². The summed E-state index contributed by atoms with van der Waals surface area (Å²) in [5.74, 6) is 1.49. The number of benzene rings is 2. The number of nitrogens with zero attached hydrogens (tertiary/aromatic N) is 4. The van der Waals surface area contributed by atoms with E-state index in [1.54, 1.807) is 17.0 Å². The number of hydrogen-bond donors (Lipinski definition) is 1. The van der Waals surface area contributed by atoms with Crippen molar-refractivity contribution in [3.63, 3.8) is 0 Å². The molecular formula is C27H28N4O4. The number of ether oxygens (including phenoxy) is 1. The van der Waals surface area contributed by atoms with Crippen LogP contribution < -0.4 is 4.74 Å². The summed E-state index contributed by atoms with van der Waals surface area (Å²) in [6.45, 7) is 4.80. The van der Waals surface area contributed by atoms with E-state index < -0.39 is 0 Å². The summed E-state index contributed by atoms with van der Waals surface area (Å²) in [5.41, 5.74) is 4.33. The van der Waals surface area contributed by atoms with Gasteiger partial charge in [-0.3, -0.25) is 4.79 Å². The molecule has 1 fully saturated rings. The lowest BCUT2D eigenvalue weighted by Gasteiger charge is -2.41. The molecule has 0 unspecified atom stereocenters. The maximum Gasteiger partial charge on any atom is 0.258 e. The van der Waals surface area contributed by atoms with E-state index in [4.69, 9.17) is 9.26 Å². The Labute approximate surface area is 204 Å². The van der Waals surface area contributed by atoms with Gasteiger partial charge in [-0.25, -0.2) is 0 Å². The Hall–Kier alpha value is -3.70. The van der Waals surface area contributed by atoms with Gasteiger partial charge in [-0.15, -0.1) is 0 Å². The third kappa shape index (κ3) is 4.17. The fourth-order valence-electron chi connectivity index (χ4n) is 5.40. The predicted octanol–water partition coefficient (Wildman–Crippen LogP) is 3.86. The number of aliphatic hydroxyl groups is 1. The topological polar surface area (TPSA) is 112 Å². The smallest absolute Gasteiger partial charge is 0.258 e. The minimum atomic E-state index is -0.102. The van der Waals surface area contributed by atoms with Crippen LogP contribution in [-0.4, -0.2) is 51.9 Å². The molecule has 3 aromatic rings. The van der Waals surface area contributed by atoms with Gasteiger partial charge in [-0.05, 0) is 62.4 Å². The zero-order chi connectivity index (χ0) is 24.6. The molecule has 2 aromatic carbocycles. The van der Waals surface area contributed by atoms with Crippen molar-refractivity contribution < 1.29 is 19.2 Å². The van der Waals surface area contributed by atoms with Crippen LogP contribution in [0.15, 0.2) is 40.9 Å². The van der Waals surface area contributed by atoms with E-state index in [2.05, 4.69) is 22.3 Å². The molecule has 0 saturated carbocycles. The normalized spacial score (nSPS) is 19.3. The van der Waals surface area contributed by atoms with Gasteiger partial charge >= 0.3 is 0 Å². The van der Waals surface area contributed by atoms with Gasteiger partial charge in [0.1, 0.15) is 11.8 Å². The number of fused-ring (bicyclic) bond motifs is 2. The molecule has 180 valence electrons. The minimum absolute atomic E-state index is 0.0293. The molecule has 0 radical (unpaired) electrons. The fourth-order valence-corrected chi connectivity index (χ4v) is 5.40. The largest absolute Gasteiger partial charge is 0.490 e. The van der Waals surface area contributed by atoms with E-state index in [0.29, 0.717) is 48.1 Å². The first-order valence-corrected chi connectivity index (χ1v) is 12.0. The average molecular weight is 473 g/mol. The number of carbonyl (C=O) groups excluding carboxylic acids is 1. The van der Waals surface area contributed by atoms with Crippen LogP contribution in [0.3, 0.4) is 0 Å². The molecule has 1 N–H and O–H groups in total. The molecule has 1 spiro atoms. The van der Waals surface area contributed by atoms with Gasteiger partial charge in [-0.2, -0.15) is 10.2 Å². The van der Waals surface area contributed by atoms with Crippen molar-refractivity contribution in [2.45, 2.75) is 51.0 Å². The number of nitriles is 1. The first-order chi connectivity index (χ1) is 16.9. The number of aromatic nitrogens is 2. The number of hydrogen-bond acceptors (Lipinski definition) is 7. The van der Waals surface area contributed by atoms with Gasteiger partial charge in [-0.1, -0.05) is 23.4 Å². The Bertz CT molecular complexity index is 1310. The van der Waals surface area contributed by atoms with Gasteiger partial charge in [0.2, 0.25) is 11.7 Å². The van der Waals surface area contributed by atoms with Crippen LogP contribution in [0.1, 0.15) is 49.8 Å². The first kappa shape index (κ1) is 23.1. The molecule has 2 aliphatic rings. The highest BCUT2D eigenvalue weighted by Crippen LogP contribution is 2.47. The Kier molecular flexibility index (Phi) is 6.03. The Morgan fingerprint density at radius 1 is 1.26 bits per heavy atom. The summed E-state index contributed by atoms with van der Waals surface area (Å²) in [6.07, 6.45) is 3.08. The Morgan fingerprint density at radius 2 is 2.09 bits per heavy atom. The van der Waals surface area contributed by atoms with Gasteiger partial charge in [0.05, 0.1) is 18.3 Å². The molecule has 2 heterocycles. The van der Waals surface area contributed by atoms with Crippen LogP contribution in [0.25, 0.3) is 22.8 Å². The SMILES string of the molecule is CC(C)Oc1ccc(-c2nc(-c3cccc4c3CC[C@]43CCC(=O)N(CCO)C3)no2)cc1C#N. The molecule has 35 heavy (non-hydrogen) atoms. The summed E-state index contributed by atoms with van der Waals surface area (Å²) in [5, 5.41) is 23.2. The molecular weight excluding hydrogens is 444 g/mol. The van der Waals surface area contributed by atoms with E-state index in [1.165, 1.54) is 11.1 Å². The molecule has 1 atom stereocenters. The number of rotatable bonds is 6. The zero-order valence-corrected chi connectivity index (χ0v) is 20.0. The molecule has 1 saturated heterocycles. The average Bonchev–Trinajstić information content (AvgIpc) is 3.48. The first-order valence-electron chi connectivity index (χ1n) is 12.0. The van der Waals surface area contributed by atoms with Crippen molar-refractivity contribution in [2.24, 2.45) is 0 Å². The minimum Gasteiger partial charge on any atom is -0.490 e. The molecule has 1 aliphatic heterocycles. The van der Waals surface area contributed by atoms with Crippen molar-refractivity contribution in [1.29, 1.82) is 5.26 Å². The second-order valence-corrected chi connectivity index (χ2v) is 9.56. The third-order valence-corrected chi connectivity index (χ3v) is 7.01. The van der Waals surface area contributed by atoms with Gasteiger partial charge < -0.3 is 19.3 Å². The van der Waals surface area contributed by atoms with Crippen LogP contribution in [0.2, 0.25) is 0 Å². The summed E-state index contributed by atoms with van der Waals surface area (Å²) < 4.78 is 11.3. The van der Waals surface area contributed by atoms with Crippen molar-refractivity contribution in [3.8, 4) is 34.7 Å². The molecule has 0 bridgehead atoms. The molecule has 1 aromatic heterocycles. The summed E-state index contributed by atoms with van der Waals surface area (Å²) >= 11 is 0. The molecule has 8 nitrogen and oxygen atoms in total. The Balaban J connectivity index is 1.46. The number of aliphatic hydroxyl groups excluding tert-OH is 1. The lowest BCUT2D eigenvalue weighted by Crippen LogP contribution is -2.48. The van der Waals surface area contributed by atoms with E-state index in [0.717, 1.165) is 24.8 Å². The molecule has 8 heteroatoms. The fraction of sp³-hybridized carbons (Fsp3) is 0.407. The molecule has 5 rings (SSSR count). The number of piperidine rings is 1. The second-order valence-electron chi connectivity index (χ2n) is 9.56. The van der Waals surface area contributed by atoms with Crippen LogP contribution >= 0.6 is 0 Å². The maximum atomic E-state index is 12.3. The van der Waals surface area contributed by atoms with Gasteiger partial charge in [0, 0.05) is 36.1 Å². The number of β-amino-alcohol motifs (C(OH)–C–C–N with tert-alkyl or cyclic N) is 1. The standard InChI is InChI=1S/C27H28N4O4/c1-17(2)34-23-7-6-18(14-19(23)15-28)26-29-25(30-35-26)21-4-3-5-22-20(21)8-10-27(22)11-9-24(33)31(16-27)12-13-32/h3-7,14,17,32H,8-13,16H2,1-2H3/t27-/m1/s1. The van der Waals surface area contributed by atoms with E-state index in [1.807, 2.05) is 32.0 Å². The van der Waals surface area contributed by atoms with Crippen LogP contribution in [-0.2, 0) is 16.6 Å². The monoisotopic (exact) mass is 472 g/mol. The number of amides is 1. The molecule has 1 aliphatic carbocycles. The quantitative estimate of drug-likeness (QED) is 0.580. The highest BCUT2D eigenvalue weighted by molar-refractivity contribution is 5.78. The highest BCUT2D eigenvalue weighted by Gasteiger charge is 2.44. The predicted molar refractivity (Wildman–Crippen MR) is 129 cm³/mol. The lowest BCUT2D eigenvalue weighted by atomic mass is 9.74. The van der Waals surface area contributed by atoms with E-state index in [-0.39, 0.29) is 24.0 Å². The van der Waals surface area contributed by atoms with Crippen molar-refractivity contribution in [2.75, 3.05) is 19.7 Å². The van der Waals surface area contributed by atoms with Gasteiger partial charge in [0.25, 0.3) is 5.89 Å². The summed E-state index contributed by atoms with van der Waals surface area (Å²) in [4.78, 5) is 18.8. The summed E-state index contributed by atoms with van der Waals surface area (Å²) in [7, 11) is 0. The van der Waals surface area contributed by atoms with Crippen LogP contribution in [0.5, 0.6) is 5.75 Å². The summed E-state index contributed by atoms with van der Waals surface area (Å²) in [6, 6.07) is 13.6. The van der Waals surface area contributed by atoms with Crippen LogP contribution in [0.4, 0.5) is 0 Å². The van der Waals surface area contributed by atoms with Crippen LogP contribution in [0, 0.1) is 11.3 Å². The van der Waals surface area contributed by atoms with E-state index >= 15 is 0 Å². The van der Waals surface area contributed by atoms with Gasteiger partial charge in [0.15, 0.2) is 0 Å². The van der Waals surface area contributed by atoms with E-state index in [9.17, 15) is 15.2 Å². The number of carbonyl (C=O) groups is 1. The number of likely N-dealkylation sites (tertiary alicyclic amines) is 1. The zero-order valence-electron chi connectivity index (χ0n) is 20.0. The lowest BCUT2D eigenvalue weighted by molar-refractivity contribution is -0.136. The second kappa shape index (κ2) is 9.16.